The Morgan fingerprint density at radius 2 is 2.22 bits per heavy atom. The van der Waals surface area contributed by atoms with Gasteiger partial charge in [-0.3, -0.25) is 0 Å². The second-order valence-electron chi connectivity index (χ2n) is 4.60. The van der Waals surface area contributed by atoms with Crippen LogP contribution in [0.3, 0.4) is 0 Å². The number of aliphatic hydroxyl groups excluding tert-OH is 1. The van der Waals surface area contributed by atoms with Crippen molar-refractivity contribution >= 4 is 15.9 Å². The Morgan fingerprint density at radius 3 is 3.00 bits per heavy atom. The number of hydrogen-bond donors (Lipinski definition) is 1. The Bertz CT molecular complexity index is 577. The minimum absolute atomic E-state index is 0.0504. The lowest BCUT2D eigenvalue weighted by Crippen LogP contribution is -2.12. The highest BCUT2D eigenvalue weighted by Gasteiger charge is 2.19. The number of aliphatic hydroxyl groups is 1. The summed E-state index contributed by atoms with van der Waals surface area (Å²) in [6, 6.07) is 8.09. The lowest BCUT2D eigenvalue weighted by atomic mass is 10.1. The maximum absolute atomic E-state index is 9.62. The smallest absolute Gasteiger partial charge is 0.109 e. The molecule has 0 unspecified atom stereocenters. The van der Waals surface area contributed by atoms with E-state index in [4.69, 9.17) is 4.98 Å². The lowest BCUT2D eigenvalue weighted by Gasteiger charge is -2.15. The van der Waals surface area contributed by atoms with Crippen LogP contribution in [-0.2, 0) is 19.6 Å². The van der Waals surface area contributed by atoms with E-state index in [9.17, 15) is 5.11 Å². The SMILES string of the molecule is OCc1c(-c2cccc(Br)c2)nc2n1CCCC2. The quantitative estimate of drug-likeness (QED) is 0.925. The van der Waals surface area contributed by atoms with Gasteiger partial charge in [-0.05, 0) is 25.0 Å². The molecule has 1 aliphatic rings. The van der Waals surface area contributed by atoms with E-state index >= 15 is 0 Å². The first-order valence-electron chi connectivity index (χ1n) is 6.24. The molecule has 1 N–H and O–H groups in total. The van der Waals surface area contributed by atoms with Gasteiger partial charge in [0.05, 0.1) is 18.0 Å². The van der Waals surface area contributed by atoms with E-state index in [-0.39, 0.29) is 6.61 Å². The Balaban J connectivity index is 2.14. The van der Waals surface area contributed by atoms with E-state index in [1.54, 1.807) is 0 Å². The van der Waals surface area contributed by atoms with Crippen molar-refractivity contribution in [3.8, 4) is 11.3 Å². The predicted molar refractivity (Wildman–Crippen MR) is 74.2 cm³/mol. The van der Waals surface area contributed by atoms with Gasteiger partial charge in [-0.1, -0.05) is 28.1 Å². The molecule has 0 aliphatic carbocycles. The van der Waals surface area contributed by atoms with Crippen LogP contribution >= 0.6 is 15.9 Å². The predicted octanol–water partition coefficient (Wildman–Crippen LogP) is 3.14. The number of hydrogen-bond acceptors (Lipinski definition) is 2. The summed E-state index contributed by atoms with van der Waals surface area (Å²) in [5.41, 5.74) is 2.94. The van der Waals surface area contributed by atoms with E-state index in [0.717, 1.165) is 40.2 Å². The Morgan fingerprint density at radius 1 is 1.33 bits per heavy atom. The second kappa shape index (κ2) is 4.86. The Kier molecular flexibility index (Phi) is 3.22. The van der Waals surface area contributed by atoms with Gasteiger partial charge in [0, 0.05) is 23.0 Å². The van der Waals surface area contributed by atoms with Crippen molar-refractivity contribution in [3.63, 3.8) is 0 Å². The summed E-state index contributed by atoms with van der Waals surface area (Å²) in [4.78, 5) is 4.72. The van der Waals surface area contributed by atoms with Gasteiger partial charge >= 0.3 is 0 Å². The van der Waals surface area contributed by atoms with E-state index in [0.29, 0.717) is 0 Å². The number of rotatable bonds is 2. The molecule has 0 atom stereocenters. The highest BCUT2D eigenvalue weighted by Crippen LogP contribution is 2.29. The van der Waals surface area contributed by atoms with Crippen LogP contribution in [0, 0.1) is 0 Å². The van der Waals surface area contributed by atoms with Crippen LogP contribution in [0.25, 0.3) is 11.3 Å². The van der Waals surface area contributed by atoms with Crippen LogP contribution in [0.4, 0.5) is 0 Å². The van der Waals surface area contributed by atoms with Crippen molar-refractivity contribution in [2.75, 3.05) is 0 Å². The van der Waals surface area contributed by atoms with Crippen molar-refractivity contribution in [3.05, 3.63) is 40.3 Å². The van der Waals surface area contributed by atoms with Crippen LogP contribution in [0.5, 0.6) is 0 Å². The summed E-state index contributed by atoms with van der Waals surface area (Å²) in [6.07, 6.45) is 3.38. The molecule has 0 fully saturated rings. The number of fused-ring (bicyclic) bond motifs is 1. The van der Waals surface area contributed by atoms with Gasteiger partial charge in [-0.25, -0.2) is 4.98 Å². The van der Waals surface area contributed by atoms with Gasteiger partial charge in [0.15, 0.2) is 0 Å². The van der Waals surface area contributed by atoms with E-state index in [1.165, 1.54) is 12.8 Å². The van der Waals surface area contributed by atoms with E-state index in [2.05, 4.69) is 20.5 Å². The summed E-state index contributed by atoms with van der Waals surface area (Å²) < 4.78 is 3.22. The zero-order valence-electron chi connectivity index (χ0n) is 10.1. The first-order chi connectivity index (χ1) is 8.79. The van der Waals surface area contributed by atoms with Crippen molar-refractivity contribution in [1.29, 1.82) is 0 Å². The topological polar surface area (TPSA) is 38.1 Å². The highest BCUT2D eigenvalue weighted by atomic mass is 79.9. The monoisotopic (exact) mass is 306 g/mol. The molecule has 1 aliphatic heterocycles. The van der Waals surface area contributed by atoms with Crippen molar-refractivity contribution in [1.82, 2.24) is 9.55 Å². The molecule has 0 radical (unpaired) electrons. The molecular weight excluding hydrogens is 292 g/mol. The minimum atomic E-state index is 0.0504. The largest absolute Gasteiger partial charge is 0.390 e. The van der Waals surface area contributed by atoms with E-state index in [1.807, 2.05) is 24.3 Å². The molecule has 0 amide bonds. The molecule has 0 saturated carbocycles. The van der Waals surface area contributed by atoms with Gasteiger partial charge in [-0.2, -0.15) is 0 Å². The molecule has 1 aromatic heterocycles. The molecule has 0 bridgehead atoms. The number of benzene rings is 1. The fourth-order valence-corrected chi connectivity index (χ4v) is 2.97. The summed E-state index contributed by atoms with van der Waals surface area (Å²) in [6.45, 7) is 1.03. The molecule has 0 saturated heterocycles. The fraction of sp³-hybridized carbons (Fsp3) is 0.357. The molecule has 2 heterocycles. The zero-order chi connectivity index (χ0) is 12.5. The van der Waals surface area contributed by atoms with Crippen LogP contribution in [0.15, 0.2) is 28.7 Å². The molecule has 18 heavy (non-hydrogen) atoms. The summed E-state index contributed by atoms with van der Waals surface area (Å²) in [5.74, 6) is 1.11. The number of imidazole rings is 1. The molecule has 4 heteroatoms. The normalized spacial score (nSPS) is 14.6. The third-order valence-corrected chi connectivity index (χ3v) is 3.92. The number of aryl methyl sites for hydroxylation is 1. The van der Waals surface area contributed by atoms with Gasteiger partial charge in [0.25, 0.3) is 0 Å². The Hall–Kier alpha value is -1.13. The van der Waals surface area contributed by atoms with Crippen LogP contribution in [-0.4, -0.2) is 14.7 Å². The second-order valence-corrected chi connectivity index (χ2v) is 5.52. The average Bonchev–Trinajstić information content (AvgIpc) is 2.77. The minimum Gasteiger partial charge on any atom is -0.390 e. The van der Waals surface area contributed by atoms with Crippen molar-refractivity contribution in [2.24, 2.45) is 0 Å². The summed E-state index contributed by atoms with van der Waals surface area (Å²) in [7, 11) is 0. The molecule has 3 nitrogen and oxygen atoms in total. The first kappa shape index (κ1) is 11.9. The van der Waals surface area contributed by atoms with Gasteiger partial charge in [0.1, 0.15) is 5.82 Å². The molecule has 0 spiro atoms. The van der Waals surface area contributed by atoms with Crippen molar-refractivity contribution < 1.29 is 5.11 Å². The fourth-order valence-electron chi connectivity index (χ4n) is 2.57. The third-order valence-electron chi connectivity index (χ3n) is 3.43. The number of nitrogens with zero attached hydrogens (tertiary/aromatic N) is 2. The maximum atomic E-state index is 9.62. The van der Waals surface area contributed by atoms with Crippen LogP contribution in [0.2, 0.25) is 0 Å². The molecular formula is C14H15BrN2O. The van der Waals surface area contributed by atoms with Crippen LogP contribution < -0.4 is 0 Å². The van der Waals surface area contributed by atoms with Gasteiger partial charge in [0.2, 0.25) is 0 Å². The van der Waals surface area contributed by atoms with Gasteiger partial charge < -0.3 is 9.67 Å². The number of aromatic nitrogens is 2. The standard InChI is InChI=1S/C14H15BrN2O/c15-11-5-3-4-10(8-11)14-12(9-18)17-7-2-1-6-13(17)16-14/h3-5,8,18H,1-2,6-7,9H2. The summed E-state index contributed by atoms with van der Waals surface area (Å²) in [5, 5.41) is 9.62. The van der Waals surface area contributed by atoms with Gasteiger partial charge in [-0.15, -0.1) is 0 Å². The Labute approximate surface area is 115 Å². The lowest BCUT2D eigenvalue weighted by molar-refractivity contribution is 0.268. The molecule has 2 aromatic rings. The summed E-state index contributed by atoms with van der Waals surface area (Å²) >= 11 is 3.48. The average molecular weight is 307 g/mol. The molecule has 1 aromatic carbocycles. The highest BCUT2D eigenvalue weighted by molar-refractivity contribution is 9.10. The third kappa shape index (κ3) is 1.99. The zero-order valence-corrected chi connectivity index (χ0v) is 11.7. The molecule has 3 rings (SSSR count). The first-order valence-corrected chi connectivity index (χ1v) is 7.04. The molecule has 94 valence electrons. The maximum Gasteiger partial charge on any atom is 0.109 e. The van der Waals surface area contributed by atoms with E-state index < -0.39 is 0 Å². The van der Waals surface area contributed by atoms with Crippen molar-refractivity contribution in [2.45, 2.75) is 32.4 Å². The number of halogens is 1. The van der Waals surface area contributed by atoms with Crippen LogP contribution in [0.1, 0.15) is 24.4 Å².